The zero-order valence-electron chi connectivity index (χ0n) is 9.12. The van der Waals surface area contributed by atoms with Crippen molar-refractivity contribution in [3.8, 4) is 0 Å². The average molecular weight is 228 g/mol. The maximum absolute atomic E-state index is 2.23. The molecule has 0 spiro atoms. The first-order chi connectivity index (χ1) is 7.27. The fourth-order valence-corrected chi connectivity index (χ4v) is 2.80. The van der Waals surface area contributed by atoms with Crippen LogP contribution >= 0.6 is 8.58 Å². The van der Waals surface area contributed by atoms with Gasteiger partial charge < -0.3 is 0 Å². The van der Waals surface area contributed by atoms with Crippen LogP contribution in [0, 0.1) is 13.8 Å². The molecule has 0 N–H and O–H groups in total. The first-order valence-corrected chi connectivity index (χ1v) is 6.15. The summed E-state index contributed by atoms with van der Waals surface area (Å²) < 4.78 is 0. The van der Waals surface area contributed by atoms with Crippen LogP contribution in [0.4, 0.5) is 0 Å². The summed E-state index contributed by atoms with van der Waals surface area (Å²) in [6, 6.07) is 17.2. The maximum Gasteiger partial charge on any atom is 0.0814 e. The molecule has 0 saturated heterocycles. The molecule has 0 bridgehead atoms. The molecule has 0 aliphatic rings. The van der Waals surface area contributed by atoms with Crippen LogP contribution < -0.4 is 10.6 Å². The van der Waals surface area contributed by atoms with Gasteiger partial charge in [0.05, 0.1) is 8.41 Å². The molecule has 16 heavy (non-hydrogen) atoms. The molecule has 0 heterocycles. The molecule has 0 saturated carbocycles. The van der Waals surface area contributed by atoms with Gasteiger partial charge in [0, 0.05) is 0 Å². The van der Waals surface area contributed by atoms with E-state index in [0.717, 1.165) is 8.58 Å². The van der Waals surface area contributed by atoms with Gasteiger partial charge in [-0.25, -0.2) is 0 Å². The van der Waals surface area contributed by atoms with Crippen LogP contribution in [-0.4, -0.2) is 8.41 Å². The highest BCUT2D eigenvalue weighted by Crippen LogP contribution is 2.15. The monoisotopic (exact) mass is 228 g/mol. The standard InChI is InChI=1S/C14H15P.BH3/c1-11-7-6-10-14(12(11)2)15-13-8-4-3-5-9-13;/h3-10,15H,1-2H3;1H3. The second-order valence-corrected chi connectivity index (χ2v) is 5.10. The SMILES string of the molecule is B.Cc1cccc(Pc2ccccc2)c1C. The number of rotatable bonds is 2. The van der Waals surface area contributed by atoms with Gasteiger partial charge in [-0.05, 0) is 35.6 Å². The van der Waals surface area contributed by atoms with Crippen LogP contribution in [0.1, 0.15) is 11.1 Å². The van der Waals surface area contributed by atoms with E-state index in [9.17, 15) is 0 Å². The Morgan fingerprint density at radius 3 is 2.19 bits per heavy atom. The molecular formula is C14H18BP. The molecule has 0 radical (unpaired) electrons. The van der Waals surface area contributed by atoms with E-state index in [0.29, 0.717) is 0 Å². The smallest absolute Gasteiger partial charge is 0.0622 e. The van der Waals surface area contributed by atoms with Gasteiger partial charge in [0.25, 0.3) is 0 Å². The Morgan fingerprint density at radius 2 is 1.50 bits per heavy atom. The Labute approximate surface area is 101 Å². The Hall–Kier alpha value is -1.07. The number of hydrogen-bond donors (Lipinski definition) is 0. The van der Waals surface area contributed by atoms with Crippen LogP contribution in [0.15, 0.2) is 48.5 Å². The van der Waals surface area contributed by atoms with E-state index >= 15 is 0 Å². The molecule has 0 fully saturated rings. The predicted molar refractivity (Wildman–Crippen MR) is 79.9 cm³/mol. The van der Waals surface area contributed by atoms with Crippen LogP contribution in [0.5, 0.6) is 0 Å². The first-order valence-electron chi connectivity index (χ1n) is 5.15. The highest BCUT2D eigenvalue weighted by atomic mass is 31.1. The van der Waals surface area contributed by atoms with Gasteiger partial charge >= 0.3 is 0 Å². The van der Waals surface area contributed by atoms with Crippen LogP contribution in [-0.2, 0) is 0 Å². The van der Waals surface area contributed by atoms with Gasteiger partial charge in [-0.3, -0.25) is 0 Å². The van der Waals surface area contributed by atoms with Crippen molar-refractivity contribution in [2.24, 2.45) is 0 Å². The van der Waals surface area contributed by atoms with Crippen molar-refractivity contribution in [2.75, 3.05) is 0 Å². The molecule has 0 aliphatic carbocycles. The maximum atomic E-state index is 2.23. The Bertz CT molecular complexity index is 452. The summed E-state index contributed by atoms with van der Waals surface area (Å²) in [6.07, 6.45) is 0. The Balaban J connectivity index is 0.00000128. The summed E-state index contributed by atoms with van der Waals surface area (Å²) in [7, 11) is 0.772. The lowest BCUT2D eigenvalue weighted by Gasteiger charge is -2.08. The molecule has 2 rings (SSSR count). The van der Waals surface area contributed by atoms with Gasteiger partial charge in [0.1, 0.15) is 0 Å². The zero-order valence-corrected chi connectivity index (χ0v) is 10.1. The second kappa shape index (κ2) is 5.87. The third-order valence-corrected chi connectivity index (χ3v) is 4.09. The van der Waals surface area contributed by atoms with Gasteiger partial charge in [0.2, 0.25) is 0 Å². The molecule has 2 heteroatoms. The van der Waals surface area contributed by atoms with Gasteiger partial charge in [-0.2, -0.15) is 0 Å². The van der Waals surface area contributed by atoms with E-state index in [1.54, 1.807) is 0 Å². The molecule has 0 aliphatic heterocycles. The van der Waals surface area contributed by atoms with E-state index in [-0.39, 0.29) is 8.41 Å². The number of aryl methyl sites for hydroxylation is 1. The van der Waals surface area contributed by atoms with Gasteiger partial charge in [0.15, 0.2) is 0 Å². The number of hydrogen-bond acceptors (Lipinski definition) is 0. The van der Waals surface area contributed by atoms with Crippen molar-refractivity contribution in [3.05, 3.63) is 59.7 Å². The van der Waals surface area contributed by atoms with Crippen molar-refractivity contribution >= 4 is 27.6 Å². The van der Waals surface area contributed by atoms with Crippen molar-refractivity contribution in [2.45, 2.75) is 13.8 Å². The highest BCUT2D eigenvalue weighted by molar-refractivity contribution is 7.55. The summed E-state index contributed by atoms with van der Waals surface area (Å²) in [5, 5.41) is 2.87. The average Bonchev–Trinajstić information content (AvgIpc) is 2.26. The molecular weight excluding hydrogens is 210 g/mol. The molecule has 2 aromatic carbocycles. The largest absolute Gasteiger partial charge is 0.0814 e. The van der Waals surface area contributed by atoms with E-state index in [1.807, 2.05) is 0 Å². The minimum atomic E-state index is 0. The van der Waals surface area contributed by atoms with E-state index in [1.165, 1.54) is 21.7 Å². The topological polar surface area (TPSA) is 0 Å². The fourth-order valence-electron chi connectivity index (χ4n) is 1.56. The highest BCUT2D eigenvalue weighted by Gasteiger charge is 2.01. The molecule has 0 nitrogen and oxygen atoms in total. The van der Waals surface area contributed by atoms with Crippen molar-refractivity contribution in [1.29, 1.82) is 0 Å². The quantitative estimate of drug-likeness (QED) is 0.542. The molecule has 0 aromatic heterocycles. The van der Waals surface area contributed by atoms with E-state index < -0.39 is 0 Å². The third kappa shape index (κ3) is 2.96. The van der Waals surface area contributed by atoms with Crippen molar-refractivity contribution in [1.82, 2.24) is 0 Å². The second-order valence-electron chi connectivity index (χ2n) is 3.74. The lowest BCUT2D eigenvalue weighted by molar-refractivity contribution is 1.37. The molecule has 0 amide bonds. The third-order valence-electron chi connectivity index (χ3n) is 2.66. The summed E-state index contributed by atoms with van der Waals surface area (Å²) in [4.78, 5) is 0. The van der Waals surface area contributed by atoms with Crippen molar-refractivity contribution in [3.63, 3.8) is 0 Å². The van der Waals surface area contributed by atoms with Gasteiger partial charge in [-0.1, -0.05) is 57.1 Å². The summed E-state index contributed by atoms with van der Waals surface area (Å²) >= 11 is 0. The molecule has 1 unspecified atom stereocenters. The Morgan fingerprint density at radius 1 is 0.812 bits per heavy atom. The normalized spacial score (nSPS) is 10.4. The molecule has 2 aromatic rings. The summed E-state index contributed by atoms with van der Waals surface area (Å²) in [5.74, 6) is 0. The lowest BCUT2D eigenvalue weighted by Crippen LogP contribution is -2.07. The summed E-state index contributed by atoms with van der Waals surface area (Å²) in [5.41, 5.74) is 2.82. The fraction of sp³-hybridized carbons (Fsp3) is 0.143. The Kier molecular flexibility index (Phi) is 4.77. The van der Waals surface area contributed by atoms with Crippen LogP contribution in [0.3, 0.4) is 0 Å². The van der Waals surface area contributed by atoms with Gasteiger partial charge in [-0.15, -0.1) is 0 Å². The minimum Gasteiger partial charge on any atom is -0.0622 e. The zero-order chi connectivity index (χ0) is 10.7. The summed E-state index contributed by atoms with van der Waals surface area (Å²) in [6.45, 7) is 4.38. The van der Waals surface area contributed by atoms with E-state index in [2.05, 4.69) is 62.4 Å². The lowest BCUT2D eigenvalue weighted by atomic mass is 10.1. The van der Waals surface area contributed by atoms with E-state index in [4.69, 9.17) is 0 Å². The number of benzene rings is 2. The molecule has 82 valence electrons. The first kappa shape index (κ1) is 13.0. The predicted octanol–water partition coefficient (Wildman–Crippen LogP) is 1.75. The molecule has 1 atom stereocenters. The minimum absolute atomic E-state index is 0. The van der Waals surface area contributed by atoms with Crippen LogP contribution in [0.25, 0.3) is 0 Å². The van der Waals surface area contributed by atoms with Crippen molar-refractivity contribution < 1.29 is 0 Å². The van der Waals surface area contributed by atoms with Crippen LogP contribution in [0.2, 0.25) is 0 Å².